The highest BCUT2D eigenvalue weighted by Gasteiger charge is 2.17. The van der Waals surface area contributed by atoms with Crippen molar-refractivity contribution in [1.82, 2.24) is 9.97 Å². The molecule has 6 rings (SSSR count). The number of aromatic nitrogens is 2. The largest absolute Gasteiger partial charge is 0.325 e. The Morgan fingerprint density at radius 3 is 2.39 bits per heavy atom. The number of nitrogens with zero attached hydrogens (tertiary/aromatic N) is 5. The smallest absolute Gasteiger partial charge is 0.283 e. The van der Waals surface area contributed by atoms with Crippen molar-refractivity contribution in [3.05, 3.63) is 111 Å². The van der Waals surface area contributed by atoms with Crippen LogP contribution in [0.3, 0.4) is 0 Å². The Morgan fingerprint density at radius 1 is 0.864 bits per heavy atom. The number of para-hydroxylation sites is 1. The number of amides is 1. The maximum atomic E-state index is 12.4. The molecule has 0 aliphatic carbocycles. The summed E-state index contributed by atoms with van der Waals surface area (Å²) in [5.74, 6) is -0.139. The Labute approximate surface area is 265 Å². The van der Waals surface area contributed by atoms with Crippen molar-refractivity contribution in [1.29, 1.82) is 0 Å². The van der Waals surface area contributed by atoms with Gasteiger partial charge in [-0.25, -0.2) is 9.97 Å². The number of rotatable bonds is 10. The Bertz CT molecular complexity index is 2040. The van der Waals surface area contributed by atoms with Gasteiger partial charge < -0.3 is 5.32 Å². The number of nitrogens with one attached hydrogen (secondary N) is 1. The van der Waals surface area contributed by atoms with E-state index in [9.17, 15) is 25.0 Å². The van der Waals surface area contributed by atoms with Crippen LogP contribution >= 0.6 is 46.2 Å². The minimum absolute atomic E-state index is 0.0182. The van der Waals surface area contributed by atoms with Crippen LogP contribution < -0.4 is 5.32 Å². The molecule has 0 aliphatic rings. The van der Waals surface area contributed by atoms with Gasteiger partial charge in [0, 0.05) is 30.1 Å². The lowest BCUT2D eigenvalue weighted by atomic mass is 10.2. The molecule has 0 bridgehead atoms. The number of fused-ring (bicyclic) bond motifs is 2. The van der Waals surface area contributed by atoms with Crippen LogP contribution in [0.4, 0.5) is 22.7 Å². The lowest BCUT2D eigenvalue weighted by Gasteiger charge is -2.03. The van der Waals surface area contributed by atoms with Gasteiger partial charge in [0.1, 0.15) is 0 Å². The average molecular weight is 659 g/mol. The van der Waals surface area contributed by atoms with E-state index in [2.05, 4.69) is 20.3 Å². The first-order chi connectivity index (χ1) is 21.3. The highest BCUT2D eigenvalue weighted by molar-refractivity contribution is 8.01. The number of non-ortho nitro benzene ring substituents is 1. The van der Waals surface area contributed by atoms with Crippen molar-refractivity contribution < 1.29 is 14.6 Å². The second-order valence-electron chi connectivity index (χ2n) is 9.06. The predicted octanol–water partition coefficient (Wildman–Crippen LogP) is 8.36. The van der Waals surface area contributed by atoms with E-state index in [0.717, 1.165) is 24.8 Å². The molecule has 6 aromatic rings. The van der Waals surface area contributed by atoms with Crippen LogP contribution in [0.25, 0.3) is 20.4 Å². The lowest BCUT2D eigenvalue weighted by molar-refractivity contribution is -0.387. The van der Waals surface area contributed by atoms with Crippen LogP contribution in [0.2, 0.25) is 0 Å². The second kappa shape index (κ2) is 12.9. The molecule has 0 radical (unpaired) electrons. The summed E-state index contributed by atoms with van der Waals surface area (Å²) in [6, 6.07) is 23.9. The van der Waals surface area contributed by atoms with Crippen molar-refractivity contribution in [2.45, 2.75) is 13.6 Å². The molecule has 11 nitrogen and oxygen atoms in total. The number of hydrogen-bond acceptors (Lipinski definition) is 12. The van der Waals surface area contributed by atoms with E-state index < -0.39 is 9.85 Å². The Kier molecular flexibility index (Phi) is 8.60. The first-order valence-electron chi connectivity index (χ1n) is 12.7. The summed E-state index contributed by atoms with van der Waals surface area (Å²) in [4.78, 5) is 48.2. The normalized spacial score (nSPS) is 11.4. The second-order valence-corrected chi connectivity index (χ2v) is 13.6. The number of carbonyl (C=O) groups is 1. The van der Waals surface area contributed by atoms with Gasteiger partial charge in [-0.2, -0.15) is 0 Å². The van der Waals surface area contributed by atoms with Crippen molar-refractivity contribution in [3.8, 4) is 0 Å². The number of aliphatic imine (C=N–C) groups is 1. The standard InChI is InChI=1S/C29H18N6O5S4/c36-27(31-18-6-9-20(10-7-18)34(37)38)16-41-28-32-22-11-8-19(14-26(22)44-28)30-15-17-5-12-25(23(13-17)35(39)40)43-29-33-21-3-1-2-4-24(21)42-29/h1-15H,16H2,(H,31,36). The highest BCUT2D eigenvalue weighted by Crippen LogP contribution is 2.39. The van der Waals surface area contributed by atoms with E-state index in [1.807, 2.05) is 36.4 Å². The van der Waals surface area contributed by atoms with Crippen LogP contribution in [-0.4, -0.2) is 37.7 Å². The van der Waals surface area contributed by atoms with Gasteiger partial charge in [0.05, 0.1) is 46.6 Å². The third kappa shape index (κ3) is 6.92. The molecular formula is C29H18N6O5S4. The molecule has 0 saturated carbocycles. The summed E-state index contributed by atoms with van der Waals surface area (Å²) >= 11 is 5.47. The number of benzene rings is 4. The summed E-state index contributed by atoms with van der Waals surface area (Å²) in [6.45, 7) is 0. The summed E-state index contributed by atoms with van der Waals surface area (Å²) in [7, 11) is 0. The van der Waals surface area contributed by atoms with E-state index in [0.29, 0.717) is 26.2 Å². The summed E-state index contributed by atoms with van der Waals surface area (Å²) < 4.78 is 3.34. The predicted molar refractivity (Wildman–Crippen MR) is 176 cm³/mol. The molecule has 0 spiro atoms. The number of nitro benzene ring substituents is 2. The van der Waals surface area contributed by atoms with Gasteiger partial charge >= 0.3 is 0 Å². The fourth-order valence-corrected chi connectivity index (χ4v) is 8.02. The van der Waals surface area contributed by atoms with E-state index in [1.165, 1.54) is 76.5 Å². The molecule has 1 N–H and O–H groups in total. The molecule has 44 heavy (non-hydrogen) atoms. The first kappa shape index (κ1) is 29.4. The minimum atomic E-state index is -0.499. The maximum Gasteiger partial charge on any atom is 0.283 e. The van der Waals surface area contributed by atoms with Gasteiger partial charge in [-0.15, -0.1) is 22.7 Å². The molecule has 1 amide bonds. The number of hydrogen-bond donors (Lipinski definition) is 1. The van der Waals surface area contributed by atoms with Crippen LogP contribution in [0.5, 0.6) is 0 Å². The molecular weight excluding hydrogens is 641 g/mol. The zero-order valence-corrected chi connectivity index (χ0v) is 25.5. The van der Waals surface area contributed by atoms with Gasteiger partial charge in [0.2, 0.25) is 5.91 Å². The molecule has 0 saturated heterocycles. The quantitative estimate of drug-likeness (QED) is 0.0662. The minimum Gasteiger partial charge on any atom is -0.325 e. The van der Waals surface area contributed by atoms with Gasteiger partial charge in [0.25, 0.3) is 11.4 Å². The third-order valence-corrected chi connectivity index (χ3v) is 10.4. The number of carbonyl (C=O) groups excluding carboxylic acids is 1. The molecule has 0 atom stereocenters. The van der Waals surface area contributed by atoms with E-state index in [4.69, 9.17) is 0 Å². The Morgan fingerprint density at radius 2 is 1.61 bits per heavy atom. The Balaban J connectivity index is 1.10. The van der Waals surface area contributed by atoms with Gasteiger partial charge in [-0.1, -0.05) is 41.7 Å². The van der Waals surface area contributed by atoms with Crippen LogP contribution in [-0.2, 0) is 4.79 Å². The van der Waals surface area contributed by atoms with Gasteiger partial charge in [-0.3, -0.25) is 30.0 Å². The third-order valence-electron chi connectivity index (χ3n) is 6.05. The average Bonchev–Trinajstić information content (AvgIpc) is 3.62. The van der Waals surface area contributed by atoms with Crippen molar-refractivity contribution >= 4 is 102 Å². The number of thioether (sulfide) groups is 1. The zero-order chi connectivity index (χ0) is 30.6. The molecule has 15 heteroatoms. The summed E-state index contributed by atoms with van der Waals surface area (Å²) in [5.41, 5.74) is 3.27. The SMILES string of the molecule is O=C(CSc1nc2ccc(N=Cc3ccc(Sc4nc5ccccc5s4)c([N+](=O)[O-])c3)cc2s1)Nc1ccc([N+](=O)[O-])cc1. The molecule has 0 fully saturated rings. The van der Waals surface area contributed by atoms with Crippen LogP contribution in [0.15, 0.2) is 103 Å². The van der Waals surface area contributed by atoms with Crippen molar-refractivity contribution in [2.75, 3.05) is 11.1 Å². The first-order valence-corrected chi connectivity index (χ1v) is 16.2. The lowest BCUT2D eigenvalue weighted by Crippen LogP contribution is -2.13. The zero-order valence-electron chi connectivity index (χ0n) is 22.3. The van der Waals surface area contributed by atoms with E-state index in [1.54, 1.807) is 24.4 Å². The summed E-state index contributed by atoms with van der Waals surface area (Å²) in [5, 5.41) is 25.4. The highest BCUT2D eigenvalue weighted by atomic mass is 32.2. The molecule has 4 aromatic carbocycles. The van der Waals surface area contributed by atoms with Gasteiger partial charge in [-0.05, 0) is 54.1 Å². The number of anilines is 1. The topological polar surface area (TPSA) is 154 Å². The molecule has 0 aliphatic heterocycles. The fraction of sp³-hybridized carbons (Fsp3) is 0.0345. The fourth-order valence-electron chi connectivity index (χ4n) is 4.01. The van der Waals surface area contributed by atoms with Crippen molar-refractivity contribution in [2.24, 2.45) is 4.99 Å². The molecule has 218 valence electrons. The van der Waals surface area contributed by atoms with E-state index in [-0.39, 0.29) is 23.0 Å². The number of thiazole rings is 2. The maximum absolute atomic E-state index is 12.4. The van der Waals surface area contributed by atoms with Crippen LogP contribution in [0, 0.1) is 20.2 Å². The monoisotopic (exact) mass is 658 g/mol. The number of nitro groups is 2. The summed E-state index contributed by atoms with van der Waals surface area (Å²) in [6.07, 6.45) is 1.58. The molecule has 2 aromatic heterocycles. The molecule has 0 unspecified atom stereocenters. The van der Waals surface area contributed by atoms with E-state index >= 15 is 0 Å². The van der Waals surface area contributed by atoms with Gasteiger partial charge in [0.15, 0.2) is 8.68 Å². The Hall–Kier alpha value is -4.70. The molecule has 2 heterocycles. The van der Waals surface area contributed by atoms with Crippen LogP contribution in [0.1, 0.15) is 5.56 Å². The van der Waals surface area contributed by atoms with Crippen molar-refractivity contribution in [3.63, 3.8) is 0 Å².